The fourth-order valence-electron chi connectivity index (χ4n) is 1.18. The fraction of sp³-hybridized carbons (Fsp3) is 0.364. The van der Waals surface area contributed by atoms with E-state index in [1.54, 1.807) is 6.92 Å². The van der Waals surface area contributed by atoms with Crippen LogP contribution in [-0.2, 0) is 20.7 Å². The van der Waals surface area contributed by atoms with E-state index in [1.807, 2.05) is 30.3 Å². The monoisotopic (exact) mass is 241 g/mol. The van der Waals surface area contributed by atoms with E-state index in [-0.39, 0.29) is 12.8 Å². The molecule has 16 heavy (non-hydrogen) atoms. The number of hydrogen-bond donors (Lipinski definition) is 1. The van der Waals surface area contributed by atoms with E-state index in [1.165, 1.54) is 0 Å². The molecule has 0 spiro atoms. The molecule has 0 saturated carbocycles. The van der Waals surface area contributed by atoms with E-state index in [0.717, 1.165) is 5.56 Å². The van der Waals surface area contributed by atoms with Gasteiger partial charge >= 0.3 is 14.0 Å². The van der Waals surface area contributed by atoms with E-state index in [0.29, 0.717) is 0 Å². The Morgan fingerprint density at radius 1 is 1.44 bits per heavy atom. The average molecular weight is 241 g/mol. The second-order valence-corrected chi connectivity index (χ2v) is 4.60. The van der Waals surface area contributed by atoms with Crippen molar-refractivity contribution >= 4 is 14.0 Å². The van der Waals surface area contributed by atoms with Crippen molar-refractivity contribution in [1.82, 2.24) is 0 Å². The van der Waals surface area contributed by atoms with Crippen LogP contribution in [-0.4, -0.2) is 17.0 Å². The lowest BCUT2D eigenvalue weighted by atomic mass is 10.2. The highest BCUT2D eigenvalue weighted by Gasteiger charge is 2.24. The Morgan fingerprint density at radius 2 is 2.06 bits per heavy atom. The third-order valence-corrected chi connectivity index (χ3v) is 2.92. The molecule has 0 saturated heterocycles. The lowest BCUT2D eigenvalue weighted by Gasteiger charge is -2.06. The quantitative estimate of drug-likeness (QED) is 0.633. The Kier molecular flexibility index (Phi) is 5.09. The molecular weight excluding hydrogens is 227 g/mol. The molecule has 0 bridgehead atoms. The first kappa shape index (κ1) is 12.8. The minimum atomic E-state index is -2.29. The molecule has 1 aromatic carbocycles. The lowest BCUT2D eigenvalue weighted by Crippen LogP contribution is -2.16. The van der Waals surface area contributed by atoms with Crippen LogP contribution in [0.15, 0.2) is 30.3 Å². The van der Waals surface area contributed by atoms with Gasteiger partial charge in [0.15, 0.2) is 6.16 Å². The Bertz CT molecular complexity index is 364. The van der Waals surface area contributed by atoms with Crippen LogP contribution in [0, 0.1) is 5.92 Å². The summed E-state index contributed by atoms with van der Waals surface area (Å²) in [6.45, 7) is 1.78. The van der Waals surface area contributed by atoms with Crippen molar-refractivity contribution in [2.24, 2.45) is 5.92 Å². The van der Waals surface area contributed by atoms with Gasteiger partial charge in [-0.25, -0.2) is 0 Å². The zero-order valence-electron chi connectivity index (χ0n) is 9.00. The van der Waals surface area contributed by atoms with Crippen molar-refractivity contribution in [2.45, 2.75) is 13.5 Å². The van der Waals surface area contributed by atoms with E-state index in [4.69, 9.17) is 9.63 Å². The van der Waals surface area contributed by atoms with Crippen LogP contribution in [0.4, 0.5) is 0 Å². The molecule has 0 amide bonds. The highest BCUT2D eigenvalue weighted by atomic mass is 31.1. The van der Waals surface area contributed by atoms with Crippen LogP contribution < -0.4 is 0 Å². The summed E-state index contributed by atoms with van der Waals surface area (Å²) in [5, 5.41) is 0. The first-order valence-corrected chi connectivity index (χ1v) is 6.33. The molecule has 5 heteroatoms. The van der Waals surface area contributed by atoms with E-state index in [2.05, 4.69) is 0 Å². The SMILES string of the molecule is CC(C[P+](=O)O)C(=O)OCc1ccccc1. The molecule has 86 valence electrons. The molecule has 0 aromatic heterocycles. The first-order chi connectivity index (χ1) is 7.59. The Hall–Kier alpha value is -1.25. The maximum atomic E-state index is 11.4. The number of carbonyl (C=O) groups excluding carboxylic acids is 1. The molecule has 2 unspecified atom stereocenters. The summed E-state index contributed by atoms with van der Waals surface area (Å²) in [6.07, 6.45) is -0.0526. The molecule has 0 radical (unpaired) electrons. The number of carbonyl (C=O) groups is 1. The molecular formula is C11H14O4P+. The largest absolute Gasteiger partial charge is 0.506 e. The molecule has 1 aromatic rings. The normalized spacial score (nSPS) is 13.0. The van der Waals surface area contributed by atoms with Gasteiger partial charge in [-0.1, -0.05) is 30.3 Å². The predicted molar refractivity (Wildman–Crippen MR) is 60.1 cm³/mol. The average Bonchev–Trinajstić information content (AvgIpc) is 2.26. The number of esters is 1. The van der Waals surface area contributed by atoms with Crippen LogP contribution in [0.3, 0.4) is 0 Å². The van der Waals surface area contributed by atoms with Crippen molar-refractivity contribution < 1.29 is 19.0 Å². The van der Waals surface area contributed by atoms with Crippen molar-refractivity contribution in [2.75, 3.05) is 6.16 Å². The topological polar surface area (TPSA) is 63.6 Å². The van der Waals surface area contributed by atoms with Gasteiger partial charge in [0.1, 0.15) is 12.5 Å². The van der Waals surface area contributed by atoms with Gasteiger partial charge in [-0.2, -0.15) is 4.89 Å². The lowest BCUT2D eigenvalue weighted by molar-refractivity contribution is -0.148. The molecule has 4 nitrogen and oxygen atoms in total. The van der Waals surface area contributed by atoms with Gasteiger partial charge in [-0.3, -0.25) is 4.79 Å². The summed E-state index contributed by atoms with van der Waals surface area (Å²) in [4.78, 5) is 20.0. The second-order valence-electron chi connectivity index (χ2n) is 3.53. The van der Waals surface area contributed by atoms with Gasteiger partial charge in [0.2, 0.25) is 0 Å². The highest BCUT2D eigenvalue weighted by molar-refractivity contribution is 7.38. The minimum absolute atomic E-state index is 0.0526. The van der Waals surface area contributed by atoms with Crippen LogP contribution >= 0.6 is 8.03 Å². The van der Waals surface area contributed by atoms with Crippen molar-refractivity contribution in [3.63, 3.8) is 0 Å². The van der Waals surface area contributed by atoms with Crippen LogP contribution in [0.2, 0.25) is 0 Å². The fourth-order valence-corrected chi connectivity index (χ4v) is 1.80. The van der Waals surface area contributed by atoms with Gasteiger partial charge in [0.05, 0.1) is 0 Å². The molecule has 0 fully saturated rings. The molecule has 0 aliphatic rings. The number of ether oxygens (including phenoxy) is 1. The summed E-state index contributed by atoms with van der Waals surface area (Å²) in [6, 6.07) is 9.30. The van der Waals surface area contributed by atoms with Crippen LogP contribution in [0.1, 0.15) is 12.5 Å². The van der Waals surface area contributed by atoms with E-state index in [9.17, 15) is 9.36 Å². The maximum absolute atomic E-state index is 11.4. The number of rotatable bonds is 5. The van der Waals surface area contributed by atoms with Gasteiger partial charge in [-0.05, 0) is 17.1 Å². The predicted octanol–water partition coefficient (Wildman–Crippen LogP) is 2.10. The van der Waals surface area contributed by atoms with Crippen molar-refractivity contribution in [1.29, 1.82) is 0 Å². The summed E-state index contributed by atoms with van der Waals surface area (Å²) in [5.41, 5.74) is 0.899. The van der Waals surface area contributed by atoms with E-state index >= 15 is 0 Å². The molecule has 1 rings (SSSR count). The van der Waals surface area contributed by atoms with Gasteiger partial charge in [0, 0.05) is 0 Å². The molecule has 1 N–H and O–H groups in total. The highest BCUT2D eigenvalue weighted by Crippen LogP contribution is 2.19. The Balaban J connectivity index is 2.38. The third-order valence-electron chi connectivity index (χ3n) is 2.06. The smallest absolute Gasteiger partial charge is 0.460 e. The Labute approximate surface area is 95.1 Å². The maximum Gasteiger partial charge on any atom is 0.506 e. The van der Waals surface area contributed by atoms with Crippen molar-refractivity contribution in [3.05, 3.63) is 35.9 Å². The molecule has 0 heterocycles. The standard InChI is InChI=1S/C11H13O4P/c1-9(8-16(13)14)11(12)15-7-10-5-3-2-4-6-10/h2-6,9H,7-8H2,1H3/p+1. The molecule has 0 aliphatic carbocycles. The second kappa shape index (κ2) is 6.36. The summed E-state index contributed by atoms with van der Waals surface area (Å²) in [7, 11) is -2.29. The number of benzene rings is 1. The van der Waals surface area contributed by atoms with Gasteiger partial charge < -0.3 is 4.74 Å². The third kappa shape index (κ3) is 4.51. The molecule has 2 atom stereocenters. The van der Waals surface area contributed by atoms with Crippen LogP contribution in [0.5, 0.6) is 0 Å². The summed E-state index contributed by atoms with van der Waals surface area (Å²) < 4.78 is 15.5. The van der Waals surface area contributed by atoms with Crippen molar-refractivity contribution in [3.8, 4) is 0 Å². The van der Waals surface area contributed by atoms with Crippen LogP contribution in [0.25, 0.3) is 0 Å². The zero-order chi connectivity index (χ0) is 12.0. The molecule has 0 aliphatic heterocycles. The Morgan fingerprint density at radius 3 is 2.62 bits per heavy atom. The van der Waals surface area contributed by atoms with E-state index < -0.39 is 19.9 Å². The number of hydrogen-bond acceptors (Lipinski definition) is 3. The minimum Gasteiger partial charge on any atom is -0.460 e. The van der Waals surface area contributed by atoms with Gasteiger partial charge in [0.25, 0.3) is 0 Å². The van der Waals surface area contributed by atoms with Gasteiger partial charge in [-0.15, -0.1) is 0 Å². The first-order valence-electron chi connectivity index (χ1n) is 4.93. The zero-order valence-corrected chi connectivity index (χ0v) is 9.89. The summed E-state index contributed by atoms with van der Waals surface area (Å²) >= 11 is 0. The summed E-state index contributed by atoms with van der Waals surface area (Å²) in [5.74, 6) is -0.987.